The molecule has 0 saturated carbocycles. The van der Waals surface area contributed by atoms with Crippen molar-refractivity contribution >= 4 is 5.57 Å². The molecule has 0 spiro atoms. The number of aryl methyl sites for hydroxylation is 1. The van der Waals surface area contributed by atoms with E-state index in [-0.39, 0.29) is 35.1 Å². The van der Waals surface area contributed by atoms with Gasteiger partial charge in [-0.2, -0.15) is 5.26 Å². The van der Waals surface area contributed by atoms with Crippen LogP contribution in [0, 0.1) is 18.3 Å². The summed E-state index contributed by atoms with van der Waals surface area (Å²) in [5.74, 6) is 0. The average molecular weight is 181 g/mol. The first kappa shape index (κ1) is 12.2. The fourth-order valence-electron chi connectivity index (χ4n) is 0.892. The third-order valence-electron chi connectivity index (χ3n) is 1.60. The van der Waals surface area contributed by atoms with Crippen LogP contribution >= 0.6 is 0 Å². The third kappa shape index (κ3) is 3.23. The Morgan fingerprint density at radius 1 is 1.38 bits per heavy atom. The molecular weight excluding hydrogens is 173 g/mol. The molecule has 0 radical (unpaired) electrons. The van der Waals surface area contributed by atoms with E-state index in [1.54, 1.807) is 12.1 Å². The smallest absolute Gasteiger partial charge is 0.877 e. The first-order valence-corrected chi connectivity index (χ1v) is 3.57. The Balaban J connectivity index is 0.00000144. The van der Waals surface area contributed by atoms with E-state index in [9.17, 15) is 5.11 Å². The van der Waals surface area contributed by atoms with Crippen LogP contribution in [0.3, 0.4) is 0 Å². The summed E-state index contributed by atoms with van der Waals surface area (Å²) in [6.45, 7) is 1.96. The molecule has 0 saturated heterocycles. The second-order valence-electron chi connectivity index (χ2n) is 2.51. The summed E-state index contributed by atoms with van der Waals surface area (Å²) in [5.41, 5.74) is 1.97. The zero-order valence-electron chi connectivity index (χ0n) is 7.74. The second-order valence-corrected chi connectivity index (χ2v) is 2.51. The van der Waals surface area contributed by atoms with Crippen LogP contribution in [0.5, 0.6) is 0 Å². The van der Waals surface area contributed by atoms with E-state index in [2.05, 4.69) is 0 Å². The first-order valence-electron chi connectivity index (χ1n) is 3.57. The van der Waals surface area contributed by atoms with Crippen molar-refractivity contribution in [2.24, 2.45) is 0 Å². The number of hydrogen-bond donors (Lipinski definition) is 0. The molecule has 1 rings (SSSR count). The van der Waals surface area contributed by atoms with Crippen LogP contribution in [0.4, 0.5) is 0 Å². The number of hydrogen-bond acceptors (Lipinski definition) is 2. The molecule has 3 heteroatoms. The van der Waals surface area contributed by atoms with Crippen LogP contribution in [0.2, 0.25) is 0 Å². The zero-order valence-corrected chi connectivity index (χ0v) is 9.74. The molecule has 2 nitrogen and oxygen atoms in total. The maximum atomic E-state index is 10.4. The second kappa shape index (κ2) is 5.82. The summed E-state index contributed by atoms with van der Waals surface area (Å²) in [6.07, 6.45) is 0.574. The summed E-state index contributed by atoms with van der Waals surface area (Å²) < 4.78 is 0. The Morgan fingerprint density at radius 3 is 2.31 bits per heavy atom. The molecule has 0 bridgehead atoms. The summed E-state index contributed by atoms with van der Waals surface area (Å²) in [7, 11) is 0. The van der Waals surface area contributed by atoms with Crippen molar-refractivity contribution in [3.8, 4) is 6.07 Å². The quantitative estimate of drug-likeness (QED) is 0.292. The van der Waals surface area contributed by atoms with Gasteiger partial charge in [0.1, 0.15) is 0 Å². The molecule has 0 N–H and O–H groups in total. The van der Waals surface area contributed by atoms with Crippen LogP contribution in [-0.2, 0) is 0 Å². The van der Waals surface area contributed by atoms with Crippen molar-refractivity contribution in [3.05, 3.63) is 41.7 Å². The summed E-state index contributed by atoms with van der Waals surface area (Å²) in [5, 5.41) is 18.9. The van der Waals surface area contributed by atoms with Crippen molar-refractivity contribution < 1.29 is 34.7 Å². The fourth-order valence-corrected chi connectivity index (χ4v) is 0.892. The van der Waals surface area contributed by atoms with E-state index in [4.69, 9.17) is 5.26 Å². The van der Waals surface area contributed by atoms with Gasteiger partial charge in [-0.15, -0.1) is 6.26 Å². The van der Waals surface area contributed by atoms with E-state index in [1.165, 1.54) is 0 Å². The number of nitrogens with zero attached hydrogens (tertiary/aromatic N) is 1. The van der Waals surface area contributed by atoms with Crippen LogP contribution in [-0.4, -0.2) is 0 Å². The molecule has 0 aliphatic carbocycles. The molecule has 0 fully saturated rings. The van der Waals surface area contributed by atoms with Crippen LogP contribution < -0.4 is 34.7 Å². The van der Waals surface area contributed by atoms with Gasteiger partial charge in [-0.1, -0.05) is 29.8 Å². The maximum absolute atomic E-state index is 10.4. The Bertz CT molecular complexity index is 335. The van der Waals surface area contributed by atoms with E-state index < -0.39 is 0 Å². The molecule has 0 aliphatic rings. The summed E-state index contributed by atoms with van der Waals surface area (Å²) in [4.78, 5) is 0. The van der Waals surface area contributed by atoms with Gasteiger partial charge in [0.2, 0.25) is 0 Å². The molecular formula is C10H8NNaO. The van der Waals surface area contributed by atoms with Gasteiger partial charge >= 0.3 is 29.6 Å². The van der Waals surface area contributed by atoms with Gasteiger partial charge in [-0.05, 0) is 12.5 Å². The minimum atomic E-state index is 0. The molecule has 0 unspecified atom stereocenters. The Hall–Kier alpha value is -0.750. The van der Waals surface area contributed by atoms with Gasteiger partial charge in [-0.3, -0.25) is 0 Å². The van der Waals surface area contributed by atoms with Crippen molar-refractivity contribution in [1.29, 1.82) is 5.26 Å². The molecule has 0 aliphatic heterocycles. The average Bonchev–Trinajstić information content (AvgIpc) is 2.10. The Kier molecular flexibility index (Phi) is 5.48. The number of nitriles is 1. The first-order chi connectivity index (χ1) is 5.77. The van der Waals surface area contributed by atoms with Gasteiger partial charge in [-0.25, -0.2) is 0 Å². The molecule has 1 aromatic rings. The van der Waals surface area contributed by atoms with E-state index in [0.29, 0.717) is 11.8 Å². The predicted octanol–water partition coefficient (Wildman–Crippen LogP) is -1.78. The zero-order chi connectivity index (χ0) is 8.97. The van der Waals surface area contributed by atoms with Crippen LogP contribution in [0.1, 0.15) is 11.1 Å². The normalized spacial score (nSPS) is 10.0. The Morgan fingerprint density at radius 2 is 1.92 bits per heavy atom. The van der Waals surface area contributed by atoms with Crippen molar-refractivity contribution in [2.75, 3.05) is 0 Å². The van der Waals surface area contributed by atoms with Gasteiger partial charge in [0, 0.05) is 5.57 Å². The maximum Gasteiger partial charge on any atom is 1.00 e. The molecule has 60 valence electrons. The standard InChI is InChI=1S/C10H9NO.Na/c1-8-2-4-9(5-3-8)10(6-11)7-12;/h2-5,7,12H,1H3;/q;+1/p-1. The van der Waals surface area contributed by atoms with Crippen LogP contribution in [0.15, 0.2) is 30.5 Å². The Labute approximate surface area is 99.8 Å². The molecule has 0 atom stereocenters. The van der Waals surface area contributed by atoms with Crippen molar-refractivity contribution in [3.63, 3.8) is 0 Å². The molecule has 0 amide bonds. The minimum Gasteiger partial charge on any atom is -0.877 e. The van der Waals surface area contributed by atoms with Crippen molar-refractivity contribution in [2.45, 2.75) is 6.92 Å². The molecule has 0 heterocycles. The van der Waals surface area contributed by atoms with Gasteiger partial charge in [0.15, 0.2) is 0 Å². The van der Waals surface area contributed by atoms with Crippen molar-refractivity contribution in [1.82, 2.24) is 0 Å². The largest absolute Gasteiger partial charge is 1.00 e. The summed E-state index contributed by atoms with van der Waals surface area (Å²) >= 11 is 0. The number of rotatable bonds is 1. The van der Waals surface area contributed by atoms with E-state index in [1.807, 2.05) is 25.1 Å². The topological polar surface area (TPSA) is 46.8 Å². The monoisotopic (exact) mass is 181 g/mol. The number of allylic oxidation sites excluding steroid dienone is 1. The molecule has 13 heavy (non-hydrogen) atoms. The molecule has 0 aromatic heterocycles. The van der Waals surface area contributed by atoms with Gasteiger partial charge in [0.05, 0.1) is 6.07 Å². The SMILES string of the molecule is Cc1ccc(C(C#N)=C[O-])cc1.[Na+]. The number of benzene rings is 1. The molecule has 1 aromatic carbocycles. The van der Waals surface area contributed by atoms with E-state index >= 15 is 0 Å². The van der Waals surface area contributed by atoms with Gasteiger partial charge in [0.25, 0.3) is 0 Å². The minimum absolute atomic E-state index is 0. The van der Waals surface area contributed by atoms with Gasteiger partial charge < -0.3 is 5.11 Å². The predicted molar refractivity (Wildman–Crippen MR) is 44.8 cm³/mol. The van der Waals surface area contributed by atoms with E-state index in [0.717, 1.165) is 5.56 Å². The summed E-state index contributed by atoms with van der Waals surface area (Å²) in [6, 6.07) is 9.11. The van der Waals surface area contributed by atoms with Crippen LogP contribution in [0.25, 0.3) is 5.57 Å². The fraction of sp³-hybridized carbons (Fsp3) is 0.100. The third-order valence-corrected chi connectivity index (χ3v) is 1.60.